The molecule has 0 unspecified atom stereocenters. The molecular formula is C8H11NO2. The van der Waals surface area contributed by atoms with Crippen LogP contribution in [0.25, 0.3) is 0 Å². The van der Waals surface area contributed by atoms with E-state index in [9.17, 15) is 0 Å². The van der Waals surface area contributed by atoms with Gasteiger partial charge >= 0.3 is 0 Å². The van der Waals surface area contributed by atoms with E-state index in [2.05, 4.69) is 4.98 Å². The van der Waals surface area contributed by atoms with Crippen molar-refractivity contribution in [3.05, 3.63) is 29.1 Å². The molecule has 2 N–H and O–H groups in total. The van der Waals surface area contributed by atoms with E-state index in [0.29, 0.717) is 5.69 Å². The Morgan fingerprint density at radius 2 is 2.09 bits per heavy atom. The van der Waals surface area contributed by atoms with Crippen molar-refractivity contribution >= 4 is 0 Å². The first-order chi connectivity index (χ1) is 5.27. The predicted octanol–water partition coefficient (Wildman–Crippen LogP) is 0.375. The van der Waals surface area contributed by atoms with Gasteiger partial charge < -0.3 is 10.2 Å². The van der Waals surface area contributed by atoms with Crippen LogP contribution in [0.1, 0.15) is 16.8 Å². The van der Waals surface area contributed by atoms with Crippen LogP contribution in [0.15, 0.2) is 12.3 Å². The Hall–Kier alpha value is -0.930. The Bertz CT molecular complexity index is 248. The molecule has 0 aliphatic rings. The summed E-state index contributed by atoms with van der Waals surface area (Å²) >= 11 is 0. The van der Waals surface area contributed by atoms with Crippen molar-refractivity contribution < 1.29 is 10.2 Å². The monoisotopic (exact) mass is 153 g/mol. The number of aromatic nitrogens is 1. The minimum absolute atomic E-state index is 0.00451. The SMILES string of the molecule is Cc1cc(CO)ncc1CO. The highest BCUT2D eigenvalue weighted by molar-refractivity contribution is 5.24. The normalized spacial score (nSPS) is 10.1. The Morgan fingerprint density at radius 1 is 1.36 bits per heavy atom. The predicted molar refractivity (Wildman–Crippen MR) is 40.8 cm³/mol. The molecule has 0 aliphatic carbocycles. The van der Waals surface area contributed by atoms with Gasteiger partial charge in [-0.2, -0.15) is 0 Å². The molecule has 0 aliphatic heterocycles. The van der Waals surface area contributed by atoms with Crippen molar-refractivity contribution in [3.63, 3.8) is 0 Å². The number of aliphatic hydroxyl groups is 2. The molecule has 60 valence electrons. The van der Waals surface area contributed by atoms with E-state index in [4.69, 9.17) is 10.2 Å². The van der Waals surface area contributed by atoms with Crippen LogP contribution in [0.4, 0.5) is 0 Å². The molecule has 1 heterocycles. The van der Waals surface area contributed by atoms with E-state index in [1.807, 2.05) is 6.92 Å². The number of rotatable bonds is 2. The summed E-state index contributed by atoms with van der Waals surface area (Å²) in [5.41, 5.74) is 2.41. The molecule has 0 aromatic carbocycles. The lowest BCUT2D eigenvalue weighted by Gasteiger charge is -2.02. The third kappa shape index (κ3) is 1.76. The zero-order chi connectivity index (χ0) is 8.27. The summed E-state index contributed by atoms with van der Waals surface area (Å²) in [4.78, 5) is 3.92. The summed E-state index contributed by atoms with van der Waals surface area (Å²) in [6, 6.07) is 1.77. The fourth-order valence-corrected chi connectivity index (χ4v) is 0.895. The van der Waals surface area contributed by atoms with Crippen molar-refractivity contribution in [2.75, 3.05) is 0 Å². The fourth-order valence-electron chi connectivity index (χ4n) is 0.895. The standard InChI is InChI=1S/C8H11NO2/c1-6-2-8(5-11)9-3-7(6)4-10/h2-3,10-11H,4-5H2,1H3. The van der Waals surface area contributed by atoms with Crippen LogP contribution < -0.4 is 0 Å². The highest BCUT2D eigenvalue weighted by Crippen LogP contribution is 2.07. The van der Waals surface area contributed by atoms with Gasteiger partial charge in [-0.15, -0.1) is 0 Å². The Labute approximate surface area is 65.3 Å². The first-order valence-corrected chi connectivity index (χ1v) is 3.44. The molecule has 3 nitrogen and oxygen atoms in total. The number of hydrogen-bond acceptors (Lipinski definition) is 3. The molecule has 1 aromatic rings. The fraction of sp³-hybridized carbons (Fsp3) is 0.375. The van der Waals surface area contributed by atoms with E-state index in [-0.39, 0.29) is 13.2 Å². The molecule has 0 saturated heterocycles. The summed E-state index contributed by atoms with van der Waals surface area (Å²) in [5.74, 6) is 0. The van der Waals surface area contributed by atoms with Crippen LogP contribution in [0.5, 0.6) is 0 Å². The highest BCUT2D eigenvalue weighted by atomic mass is 16.3. The molecule has 3 heteroatoms. The summed E-state index contributed by atoms with van der Waals surface area (Å²) in [5, 5.41) is 17.5. The molecule has 0 atom stereocenters. The molecule has 0 spiro atoms. The largest absolute Gasteiger partial charge is 0.392 e. The van der Waals surface area contributed by atoms with E-state index >= 15 is 0 Å². The van der Waals surface area contributed by atoms with Crippen LogP contribution in [-0.2, 0) is 13.2 Å². The maximum Gasteiger partial charge on any atom is 0.0853 e. The summed E-state index contributed by atoms with van der Waals surface area (Å²) in [7, 11) is 0. The molecule has 11 heavy (non-hydrogen) atoms. The first kappa shape index (κ1) is 8.17. The molecule has 1 aromatic heterocycles. The lowest BCUT2D eigenvalue weighted by atomic mass is 10.1. The molecule has 0 fully saturated rings. The van der Waals surface area contributed by atoms with Crippen LogP contribution >= 0.6 is 0 Å². The highest BCUT2D eigenvalue weighted by Gasteiger charge is 1.98. The van der Waals surface area contributed by atoms with Gasteiger partial charge in [-0.25, -0.2) is 0 Å². The van der Waals surface area contributed by atoms with Gasteiger partial charge in [-0.05, 0) is 24.1 Å². The molecule has 0 bridgehead atoms. The molecule has 1 rings (SSSR count). The molecule has 0 amide bonds. The topological polar surface area (TPSA) is 53.4 Å². The van der Waals surface area contributed by atoms with Gasteiger partial charge in [-0.3, -0.25) is 4.98 Å². The van der Waals surface area contributed by atoms with Gasteiger partial charge in [0.25, 0.3) is 0 Å². The van der Waals surface area contributed by atoms with E-state index in [0.717, 1.165) is 11.1 Å². The zero-order valence-corrected chi connectivity index (χ0v) is 6.41. The van der Waals surface area contributed by atoms with Crippen LogP contribution in [0, 0.1) is 6.92 Å². The molecule has 0 saturated carbocycles. The second-order valence-electron chi connectivity index (χ2n) is 2.42. The van der Waals surface area contributed by atoms with Crippen molar-refractivity contribution in [2.24, 2.45) is 0 Å². The number of nitrogens with zero attached hydrogens (tertiary/aromatic N) is 1. The Balaban J connectivity index is 2.99. The summed E-state index contributed by atoms with van der Waals surface area (Å²) in [6.07, 6.45) is 1.58. The van der Waals surface area contributed by atoms with Gasteiger partial charge in [-0.1, -0.05) is 0 Å². The third-order valence-electron chi connectivity index (χ3n) is 1.61. The quantitative estimate of drug-likeness (QED) is 0.645. The first-order valence-electron chi connectivity index (χ1n) is 3.44. The summed E-state index contributed by atoms with van der Waals surface area (Å²) in [6.45, 7) is 1.84. The third-order valence-corrected chi connectivity index (χ3v) is 1.61. The van der Waals surface area contributed by atoms with Crippen molar-refractivity contribution in [2.45, 2.75) is 20.1 Å². The minimum atomic E-state index is -0.0491. The Morgan fingerprint density at radius 3 is 2.55 bits per heavy atom. The van der Waals surface area contributed by atoms with Gasteiger partial charge in [0.05, 0.1) is 18.9 Å². The van der Waals surface area contributed by atoms with Gasteiger partial charge in [0.2, 0.25) is 0 Å². The lowest BCUT2D eigenvalue weighted by molar-refractivity contribution is 0.273. The Kier molecular flexibility index (Phi) is 2.57. The van der Waals surface area contributed by atoms with Crippen LogP contribution in [0.2, 0.25) is 0 Å². The number of pyridine rings is 1. The van der Waals surface area contributed by atoms with Crippen molar-refractivity contribution in [1.29, 1.82) is 0 Å². The van der Waals surface area contributed by atoms with Crippen LogP contribution in [0.3, 0.4) is 0 Å². The van der Waals surface area contributed by atoms with Crippen molar-refractivity contribution in [1.82, 2.24) is 4.98 Å². The number of hydrogen-bond donors (Lipinski definition) is 2. The lowest BCUT2D eigenvalue weighted by Crippen LogP contribution is -1.95. The number of aliphatic hydroxyl groups excluding tert-OH is 2. The second kappa shape index (κ2) is 3.46. The van der Waals surface area contributed by atoms with Crippen molar-refractivity contribution in [3.8, 4) is 0 Å². The average molecular weight is 153 g/mol. The second-order valence-corrected chi connectivity index (χ2v) is 2.42. The van der Waals surface area contributed by atoms with Gasteiger partial charge in [0.1, 0.15) is 0 Å². The maximum absolute atomic E-state index is 8.78. The van der Waals surface area contributed by atoms with E-state index < -0.39 is 0 Å². The smallest absolute Gasteiger partial charge is 0.0853 e. The van der Waals surface area contributed by atoms with Crippen LogP contribution in [-0.4, -0.2) is 15.2 Å². The van der Waals surface area contributed by atoms with E-state index in [1.54, 1.807) is 12.3 Å². The minimum Gasteiger partial charge on any atom is -0.392 e. The van der Waals surface area contributed by atoms with Gasteiger partial charge in [0, 0.05) is 6.20 Å². The number of aryl methyl sites for hydroxylation is 1. The zero-order valence-electron chi connectivity index (χ0n) is 6.41. The molecule has 0 radical (unpaired) electrons. The summed E-state index contributed by atoms with van der Waals surface area (Å²) < 4.78 is 0. The van der Waals surface area contributed by atoms with E-state index in [1.165, 1.54) is 0 Å². The maximum atomic E-state index is 8.78. The van der Waals surface area contributed by atoms with Gasteiger partial charge in [0.15, 0.2) is 0 Å². The molecular weight excluding hydrogens is 142 g/mol. The average Bonchev–Trinajstić information content (AvgIpc) is 2.04.